The van der Waals surface area contributed by atoms with Crippen LogP contribution in [0, 0.1) is 11.3 Å². The molecule has 1 aliphatic heterocycles. The molecule has 0 aromatic carbocycles. The third-order valence-corrected chi connectivity index (χ3v) is 17.1. The van der Waals surface area contributed by atoms with Gasteiger partial charge in [0.05, 0.1) is 10.3 Å². The van der Waals surface area contributed by atoms with Crippen molar-refractivity contribution in [1.29, 1.82) is 0 Å². The molecule has 1 saturated carbocycles. The SMILES string of the molecule is CC(C)[Si](OC1=CC[C@@]2(C3SCCS3)CCCC[C@H]2C1)(C(C)C)C(C)C. The van der Waals surface area contributed by atoms with Gasteiger partial charge >= 0.3 is 0 Å². The first kappa shape index (κ1) is 21.2. The minimum absolute atomic E-state index is 0.564. The minimum atomic E-state index is -1.81. The predicted molar refractivity (Wildman–Crippen MR) is 123 cm³/mol. The second kappa shape index (κ2) is 8.45. The zero-order valence-corrected chi connectivity index (χ0v) is 20.5. The van der Waals surface area contributed by atoms with Crippen LogP contribution in [-0.2, 0) is 4.43 Å². The predicted octanol–water partition coefficient (Wildman–Crippen LogP) is 7.84. The van der Waals surface area contributed by atoms with Gasteiger partial charge in [0, 0.05) is 17.9 Å². The molecular formula is C22H40OS2Si. The second-order valence-corrected chi connectivity index (χ2v) is 17.8. The van der Waals surface area contributed by atoms with Gasteiger partial charge in [0.1, 0.15) is 0 Å². The summed E-state index contributed by atoms with van der Waals surface area (Å²) in [6.07, 6.45) is 10.8. The quantitative estimate of drug-likeness (QED) is 0.411. The molecule has 0 aromatic heterocycles. The maximum atomic E-state index is 7.11. The highest BCUT2D eigenvalue weighted by atomic mass is 32.2. The first-order valence-corrected chi connectivity index (χ1v) is 15.2. The van der Waals surface area contributed by atoms with Crippen molar-refractivity contribution in [2.24, 2.45) is 11.3 Å². The maximum Gasteiger partial charge on any atom is 0.258 e. The summed E-state index contributed by atoms with van der Waals surface area (Å²) in [5, 5.41) is 0. The van der Waals surface area contributed by atoms with Crippen LogP contribution in [0.25, 0.3) is 0 Å². The Hall–Kier alpha value is 0.457. The van der Waals surface area contributed by atoms with Crippen LogP contribution in [0.5, 0.6) is 0 Å². The van der Waals surface area contributed by atoms with E-state index in [0.717, 1.165) is 10.5 Å². The number of hydrogen-bond donors (Lipinski definition) is 0. The van der Waals surface area contributed by atoms with E-state index in [2.05, 4.69) is 71.1 Å². The van der Waals surface area contributed by atoms with Gasteiger partial charge in [0.25, 0.3) is 8.32 Å². The molecule has 0 amide bonds. The van der Waals surface area contributed by atoms with Gasteiger partial charge in [-0.2, -0.15) is 0 Å². The Balaban J connectivity index is 1.84. The molecule has 150 valence electrons. The Morgan fingerprint density at radius 1 is 1.00 bits per heavy atom. The molecule has 3 rings (SSSR count). The fraction of sp³-hybridized carbons (Fsp3) is 0.909. The number of allylic oxidation sites excluding steroid dienone is 2. The molecule has 0 spiro atoms. The van der Waals surface area contributed by atoms with E-state index >= 15 is 0 Å². The van der Waals surface area contributed by atoms with E-state index in [-0.39, 0.29) is 0 Å². The van der Waals surface area contributed by atoms with Crippen molar-refractivity contribution in [3.63, 3.8) is 0 Å². The van der Waals surface area contributed by atoms with Crippen LogP contribution in [0.2, 0.25) is 16.6 Å². The average Bonchev–Trinajstić information content (AvgIpc) is 3.13. The molecule has 4 heteroatoms. The summed E-state index contributed by atoms with van der Waals surface area (Å²) in [5.41, 5.74) is 2.57. The van der Waals surface area contributed by atoms with Gasteiger partial charge < -0.3 is 4.43 Å². The molecule has 1 heterocycles. The molecule has 0 N–H and O–H groups in total. The molecule has 1 nitrogen and oxygen atoms in total. The van der Waals surface area contributed by atoms with Crippen LogP contribution in [-0.4, -0.2) is 24.4 Å². The Kier molecular flexibility index (Phi) is 6.88. The normalized spacial score (nSPS) is 30.8. The molecular weight excluding hydrogens is 372 g/mol. The largest absolute Gasteiger partial charge is 0.546 e. The lowest BCUT2D eigenvalue weighted by molar-refractivity contribution is 0.0908. The van der Waals surface area contributed by atoms with Crippen LogP contribution >= 0.6 is 23.5 Å². The fourth-order valence-electron chi connectivity index (χ4n) is 6.30. The molecule has 0 unspecified atom stereocenters. The van der Waals surface area contributed by atoms with Gasteiger partial charge in [-0.1, -0.05) is 54.4 Å². The number of fused-ring (bicyclic) bond motifs is 1. The molecule has 2 aliphatic carbocycles. The number of rotatable bonds is 6. The van der Waals surface area contributed by atoms with E-state index in [1.54, 1.807) is 0 Å². The molecule has 2 fully saturated rings. The lowest BCUT2D eigenvalue weighted by Gasteiger charge is -2.51. The molecule has 0 bridgehead atoms. The first-order valence-electron chi connectivity index (χ1n) is 10.9. The fourth-order valence-corrected chi connectivity index (χ4v) is 15.3. The van der Waals surface area contributed by atoms with Crippen molar-refractivity contribution >= 4 is 31.8 Å². The van der Waals surface area contributed by atoms with Crippen molar-refractivity contribution in [3.8, 4) is 0 Å². The van der Waals surface area contributed by atoms with Crippen LogP contribution in [0.4, 0.5) is 0 Å². The highest BCUT2D eigenvalue weighted by Crippen LogP contribution is 2.60. The van der Waals surface area contributed by atoms with E-state index in [1.165, 1.54) is 55.8 Å². The zero-order valence-electron chi connectivity index (χ0n) is 17.8. The van der Waals surface area contributed by atoms with Crippen LogP contribution in [0.15, 0.2) is 11.8 Å². The molecule has 2 atom stereocenters. The minimum Gasteiger partial charge on any atom is -0.546 e. The summed E-state index contributed by atoms with van der Waals surface area (Å²) in [6.45, 7) is 14.5. The van der Waals surface area contributed by atoms with E-state index in [1.807, 2.05) is 0 Å². The monoisotopic (exact) mass is 412 g/mol. The second-order valence-electron chi connectivity index (χ2n) is 9.75. The standard InChI is InChI=1S/C22H40OS2Si/c1-16(2)26(17(3)4,18(5)6)23-20-10-12-22(21-24-13-14-25-21)11-8-7-9-19(22)15-20/h10,16-19,21H,7-9,11-15H2,1-6H3/t19-,22-/m0/s1. The topological polar surface area (TPSA) is 9.23 Å². The van der Waals surface area contributed by atoms with Crippen LogP contribution in [0.3, 0.4) is 0 Å². The van der Waals surface area contributed by atoms with Gasteiger partial charge in [0.2, 0.25) is 0 Å². The smallest absolute Gasteiger partial charge is 0.258 e. The maximum absolute atomic E-state index is 7.11. The summed E-state index contributed by atoms with van der Waals surface area (Å²) in [5.74, 6) is 4.96. The van der Waals surface area contributed by atoms with Crippen molar-refractivity contribution in [2.75, 3.05) is 11.5 Å². The Morgan fingerprint density at radius 2 is 1.62 bits per heavy atom. The summed E-state index contributed by atoms with van der Waals surface area (Å²) < 4.78 is 7.95. The zero-order chi connectivity index (χ0) is 18.9. The van der Waals surface area contributed by atoms with Gasteiger partial charge in [-0.25, -0.2) is 0 Å². The van der Waals surface area contributed by atoms with Crippen molar-refractivity contribution in [2.45, 2.75) is 101 Å². The lowest BCUT2D eigenvalue weighted by Crippen LogP contribution is -2.49. The summed E-state index contributed by atoms with van der Waals surface area (Å²) in [6, 6.07) is 0. The summed E-state index contributed by atoms with van der Waals surface area (Å²) in [4.78, 5) is 0. The lowest BCUT2D eigenvalue weighted by atomic mass is 9.62. The third kappa shape index (κ3) is 3.68. The van der Waals surface area contributed by atoms with Gasteiger partial charge in [0.15, 0.2) is 0 Å². The van der Waals surface area contributed by atoms with Crippen molar-refractivity contribution in [3.05, 3.63) is 11.8 Å². The third-order valence-electron chi connectivity index (χ3n) is 7.52. The summed E-state index contributed by atoms with van der Waals surface area (Å²) >= 11 is 4.51. The highest BCUT2D eigenvalue weighted by molar-refractivity contribution is 8.20. The van der Waals surface area contributed by atoms with Gasteiger partial charge in [-0.3, -0.25) is 0 Å². The molecule has 0 radical (unpaired) electrons. The Morgan fingerprint density at radius 3 is 2.19 bits per heavy atom. The van der Waals surface area contributed by atoms with E-state index < -0.39 is 8.32 Å². The van der Waals surface area contributed by atoms with E-state index in [9.17, 15) is 0 Å². The van der Waals surface area contributed by atoms with E-state index in [0.29, 0.717) is 22.0 Å². The molecule has 1 saturated heterocycles. The number of hydrogen-bond acceptors (Lipinski definition) is 3. The molecule has 26 heavy (non-hydrogen) atoms. The molecule has 0 aromatic rings. The first-order chi connectivity index (χ1) is 12.3. The number of thioether (sulfide) groups is 2. The summed E-state index contributed by atoms with van der Waals surface area (Å²) in [7, 11) is -1.81. The molecule has 3 aliphatic rings. The average molecular weight is 413 g/mol. The van der Waals surface area contributed by atoms with Gasteiger partial charge in [-0.05, 0) is 53.3 Å². The Bertz CT molecular complexity index is 488. The van der Waals surface area contributed by atoms with Crippen molar-refractivity contribution in [1.82, 2.24) is 0 Å². The van der Waals surface area contributed by atoms with Crippen LogP contribution in [0.1, 0.15) is 80.1 Å². The van der Waals surface area contributed by atoms with Crippen molar-refractivity contribution < 1.29 is 4.43 Å². The highest BCUT2D eigenvalue weighted by Gasteiger charge is 2.52. The van der Waals surface area contributed by atoms with Crippen LogP contribution < -0.4 is 0 Å². The van der Waals surface area contributed by atoms with E-state index in [4.69, 9.17) is 4.43 Å². The van der Waals surface area contributed by atoms with Gasteiger partial charge in [-0.15, -0.1) is 23.5 Å². The Labute approximate surface area is 172 Å².